The van der Waals surface area contributed by atoms with Gasteiger partial charge in [0, 0.05) is 5.56 Å². The van der Waals surface area contributed by atoms with Gasteiger partial charge in [0.2, 0.25) is 0 Å². The van der Waals surface area contributed by atoms with E-state index in [0.29, 0.717) is 11.3 Å². The van der Waals surface area contributed by atoms with Crippen molar-refractivity contribution in [1.29, 1.82) is 0 Å². The van der Waals surface area contributed by atoms with Crippen LogP contribution in [0.3, 0.4) is 0 Å². The van der Waals surface area contributed by atoms with Crippen LogP contribution in [-0.2, 0) is 11.3 Å². The average Bonchev–Trinajstić information content (AvgIpc) is 3.01. The number of nitrogens with one attached hydrogen (secondary N) is 1. The van der Waals surface area contributed by atoms with Gasteiger partial charge in [-0.1, -0.05) is 0 Å². The topological polar surface area (TPSA) is 132 Å². The molecule has 0 saturated heterocycles. The van der Waals surface area contributed by atoms with E-state index in [1.807, 2.05) is 0 Å². The normalized spacial score (nSPS) is 11.2. The molecule has 0 bridgehead atoms. The van der Waals surface area contributed by atoms with E-state index >= 15 is 0 Å². The van der Waals surface area contributed by atoms with Crippen LogP contribution in [0.4, 0.5) is 5.69 Å². The Morgan fingerprint density at radius 2 is 2.29 bits per heavy atom. The summed E-state index contributed by atoms with van der Waals surface area (Å²) in [4.78, 5) is 21.7. The second-order valence-corrected chi connectivity index (χ2v) is 4.77. The van der Waals surface area contributed by atoms with Crippen LogP contribution < -0.4 is 10.2 Å². The van der Waals surface area contributed by atoms with E-state index in [0.717, 1.165) is 17.1 Å². The number of methoxy groups -OCH3 is 1. The number of nitro groups is 1. The summed E-state index contributed by atoms with van der Waals surface area (Å²) in [5, 5.41) is 27.8. The van der Waals surface area contributed by atoms with Crippen molar-refractivity contribution >= 4 is 17.3 Å². The minimum Gasteiger partial charge on any atom is -0.504 e. The highest BCUT2D eigenvalue weighted by Crippen LogP contribution is 2.26. The number of amides is 1. The minimum atomic E-state index is -0.595. The standard InChI is InChI=1S/C14H15N5O5/c1-9(10-3-4-12(20)13(5-10)24-2)16-17-14(21)8-18-7-11(6-15-18)19(22)23/h3-7,20H,8H2,1-2H3,(H,17,21). The number of hydrazone groups is 1. The number of benzene rings is 1. The van der Waals surface area contributed by atoms with Crippen LogP contribution in [0.5, 0.6) is 11.5 Å². The lowest BCUT2D eigenvalue weighted by atomic mass is 10.1. The Morgan fingerprint density at radius 3 is 2.92 bits per heavy atom. The monoisotopic (exact) mass is 333 g/mol. The summed E-state index contributed by atoms with van der Waals surface area (Å²) in [6.07, 6.45) is 2.21. The van der Waals surface area contributed by atoms with Crippen LogP contribution in [-0.4, -0.2) is 38.5 Å². The van der Waals surface area contributed by atoms with Gasteiger partial charge < -0.3 is 9.84 Å². The predicted molar refractivity (Wildman–Crippen MR) is 83.9 cm³/mol. The number of carbonyl (C=O) groups is 1. The van der Waals surface area contributed by atoms with E-state index < -0.39 is 10.8 Å². The molecule has 0 atom stereocenters. The van der Waals surface area contributed by atoms with Crippen molar-refractivity contribution in [2.45, 2.75) is 13.5 Å². The van der Waals surface area contributed by atoms with Gasteiger partial charge in [0.25, 0.3) is 5.91 Å². The first-order valence-corrected chi connectivity index (χ1v) is 6.78. The molecule has 1 aromatic carbocycles. The second-order valence-electron chi connectivity index (χ2n) is 4.77. The Labute approximate surface area is 136 Å². The summed E-state index contributed by atoms with van der Waals surface area (Å²) < 4.78 is 6.14. The molecule has 0 saturated carbocycles. The largest absolute Gasteiger partial charge is 0.504 e. The molecule has 2 N–H and O–H groups in total. The Morgan fingerprint density at radius 1 is 1.54 bits per heavy atom. The molecular weight excluding hydrogens is 318 g/mol. The number of carbonyl (C=O) groups excluding carboxylic acids is 1. The van der Waals surface area contributed by atoms with E-state index in [2.05, 4.69) is 15.6 Å². The molecule has 2 rings (SSSR count). The van der Waals surface area contributed by atoms with Gasteiger partial charge in [0.05, 0.1) is 17.7 Å². The molecule has 2 aromatic rings. The lowest BCUT2D eigenvalue weighted by Crippen LogP contribution is -2.24. The van der Waals surface area contributed by atoms with E-state index in [1.165, 1.54) is 13.2 Å². The van der Waals surface area contributed by atoms with Crippen molar-refractivity contribution in [3.05, 3.63) is 46.3 Å². The summed E-state index contributed by atoms with van der Waals surface area (Å²) in [5.74, 6) is -0.200. The molecule has 0 unspecified atom stereocenters. The fourth-order valence-electron chi connectivity index (χ4n) is 1.83. The first kappa shape index (κ1) is 16.9. The average molecular weight is 333 g/mol. The fraction of sp³-hybridized carbons (Fsp3) is 0.214. The Kier molecular flexibility index (Phi) is 5.09. The molecule has 1 aromatic heterocycles. The molecule has 1 heterocycles. The quantitative estimate of drug-likeness (QED) is 0.461. The highest BCUT2D eigenvalue weighted by Gasteiger charge is 2.11. The SMILES string of the molecule is COc1cc(C(C)=NNC(=O)Cn2cc([N+](=O)[O-])cn2)ccc1O. The third kappa shape index (κ3) is 4.06. The van der Waals surface area contributed by atoms with Crippen LogP contribution in [0.15, 0.2) is 35.7 Å². The summed E-state index contributed by atoms with van der Waals surface area (Å²) in [6, 6.07) is 4.66. The lowest BCUT2D eigenvalue weighted by molar-refractivity contribution is -0.385. The highest BCUT2D eigenvalue weighted by molar-refractivity contribution is 5.99. The molecule has 0 aliphatic heterocycles. The summed E-state index contributed by atoms with van der Waals surface area (Å²) in [7, 11) is 1.43. The van der Waals surface area contributed by atoms with Gasteiger partial charge in [-0.2, -0.15) is 10.2 Å². The number of hydrogen-bond donors (Lipinski definition) is 2. The van der Waals surface area contributed by atoms with Crippen molar-refractivity contribution in [2.24, 2.45) is 5.10 Å². The van der Waals surface area contributed by atoms with E-state index in [-0.39, 0.29) is 23.7 Å². The number of phenolic OH excluding ortho intramolecular Hbond substituents is 1. The Balaban J connectivity index is 2.00. The first-order chi connectivity index (χ1) is 11.4. The van der Waals surface area contributed by atoms with Gasteiger partial charge in [-0.25, -0.2) is 5.43 Å². The second kappa shape index (κ2) is 7.22. The molecule has 0 fully saturated rings. The molecule has 0 spiro atoms. The van der Waals surface area contributed by atoms with Crippen LogP contribution in [0, 0.1) is 10.1 Å². The number of aromatic nitrogens is 2. The number of nitrogens with zero attached hydrogens (tertiary/aromatic N) is 4. The highest BCUT2D eigenvalue weighted by atomic mass is 16.6. The third-order valence-electron chi connectivity index (χ3n) is 3.08. The van der Waals surface area contributed by atoms with Gasteiger partial charge >= 0.3 is 5.69 Å². The van der Waals surface area contributed by atoms with Gasteiger partial charge in [-0.3, -0.25) is 19.6 Å². The molecule has 0 aliphatic carbocycles. The number of rotatable bonds is 6. The summed E-state index contributed by atoms with van der Waals surface area (Å²) >= 11 is 0. The van der Waals surface area contributed by atoms with E-state index in [9.17, 15) is 20.0 Å². The summed E-state index contributed by atoms with van der Waals surface area (Å²) in [6.45, 7) is 1.47. The van der Waals surface area contributed by atoms with Crippen molar-refractivity contribution in [3.8, 4) is 11.5 Å². The van der Waals surface area contributed by atoms with Crippen LogP contribution in [0.2, 0.25) is 0 Å². The molecule has 1 amide bonds. The molecule has 126 valence electrons. The van der Waals surface area contributed by atoms with E-state index in [1.54, 1.807) is 19.1 Å². The zero-order chi connectivity index (χ0) is 17.7. The molecule has 10 heteroatoms. The smallest absolute Gasteiger partial charge is 0.307 e. The first-order valence-electron chi connectivity index (χ1n) is 6.78. The molecule has 0 radical (unpaired) electrons. The van der Waals surface area contributed by atoms with Crippen LogP contribution >= 0.6 is 0 Å². The third-order valence-corrected chi connectivity index (χ3v) is 3.08. The maximum atomic E-state index is 11.8. The van der Waals surface area contributed by atoms with E-state index in [4.69, 9.17) is 4.74 Å². The Hall–Kier alpha value is -3.43. The number of hydrogen-bond acceptors (Lipinski definition) is 7. The summed E-state index contributed by atoms with van der Waals surface area (Å²) in [5.41, 5.74) is 3.29. The number of ether oxygens (including phenoxy) is 1. The zero-order valence-corrected chi connectivity index (χ0v) is 13.0. The molecule has 0 aliphatic rings. The molecule has 24 heavy (non-hydrogen) atoms. The van der Waals surface area contributed by atoms with Gasteiger partial charge in [0.15, 0.2) is 11.5 Å². The van der Waals surface area contributed by atoms with Crippen molar-refractivity contribution in [1.82, 2.24) is 15.2 Å². The van der Waals surface area contributed by atoms with Gasteiger partial charge in [-0.05, 0) is 25.1 Å². The predicted octanol–water partition coefficient (Wildman–Crippen LogP) is 1.05. The zero-order valence-electron chi connectivity index (χ0n) is 13.0. The van der Waals surface area contributed by atoms with Crippen LogP contribution in [0.1, 0.15) is 12.5 Å². The van der Waals surface area contributed by atoms with Gasteiger partial charge in [0.1, 0.15) is 18.9 Å². The lowest BCUT2D eigenvalue weighted by Gasteiger charge is -2.07. The fourth-order valence-corrected chi connectivity index (χ4v) is 1.83. The molecule has 10 nitrogen and oxygen atoms in total. The van der Waals surface area contributed by atoms with Crippen molar-refractivity contribution in [2.75, 3.05) is 7.11 Å². The minimum absolute atomic E-state index is 0.00152. The Bertz CT molecular complexity index is 799. The maximum absolute atomic E-state index is 11.8. The van der Waals surface area contributed by atoms with Gasteiger partial charge in [-0.15, -0.1) is 0 Å². The number of phenols is 1. The number of aromatic hydroxyl groups is 1. The molecular formula is C14H15N5O5. The van der Waals surface area contributed by atoms with Crippen LogP contribution in [0.25, 0.3) is 0 Å². The maximum Gasteiger partial charge on any atom is 0.307 e. The van der Waals surface area contributed by atoms with Crippen molar-refractivity contribution in [3.63, 3.8) is 0 Å². The van der Waals surface area contributed by atoms with Crippen molar-refractivity contribution < 1.29 is 19.6 Å².